The summed E-state index contributed by atoms with van der Waals surface area (Å²) < 4.78 is 5.47. The van der Waals surface area contributed by atoms with Crippen molar-refractivity contribution in [2.75, 3.05) is 26.2 Å². The molecule has 1 aromatic heterocycles. The quantitative estimate of drug-likeness (QED) is 0.456. The highest BCUT2D eigenvalue weighted by Gasteiger charge is 2.21. The number of rotatable bonds is 6. The standard InChI is InChI=1S/C22H25N5O3/c1-16-6-3-4-8-19(16)22-23-21(30-24-22)15-26-12-10-25(11-13-26)14-18-7-5-9-20(17(18)2)27(28)29/h3-9H,10-15H2,1-2H3. The van der Waals surface area contributed by atoms with Crippen molar-refractivity contribution in [2.24, 2.45) is 0 Å². The van der Waals surface area contributed by atoms with Crippen LogP contribution in [0.2, 0.25) is 0 Å². The SMILES string of the molecule is Cc1ccccc1-c1noc(CN2CCN(Cc3cccc([N+](=O)[O-])c3C)CC2)n1. The molecule has 8 heteroatoms. The Morgan fingerprint density at radius 1 is 1.00 bits per heavy atom. The summed E-state index contributed by atoms with van der Waals surface area (Å²) in [6, 6.07) is 13.3. The summed E-state index contributed by atoms with van der Waals surface area (Å²) in [5.41, 5.74) is 4.06. The monoisotopic (exact) mass is 407 g/mol. The molecule has 4 rings (SSSR count). The number of nitro benzene ring substituents is 1. The number of hydrogen-bond donors (Lipinski definition) is 0. The minimum atomic E-state index is -0.313. The first-order valence-corrected chi connectivity index (χ1v) is 10.1. The fourth-order valence-electron chi connectivity index (χ4n) is 3.83. The van der Waals surface area contributed by atoms with Crippen LogP contribution in [0.1, 0.15) is 22.6 Å². The van der Waals surface area contributed by atoms with Crippen LogP contribution in [-0.4, -0.2) is 51.0 Å². The van der Waals surface area contributed by atoms with Crippen molar-refractivity contribution in [2.45, 2.75) is 26.9 Å². The van der Waals surface area contributed by atoms with Gasteiger partial charge in [0.05, 0.1) is 11.5 Å². The normalized spacial score (nSPS) is 15.4. The average molecular weight is 407 g/mol. The summed E-state index contributed by atoms with van der Waals surface area (Å²) in [4.78, 5) is 20.0. The van der Waals surface area contributed by atoms with Gasteiger partial charge in [-0.05, 0) is 25.0 Å². The lowest BCUT2D eigenvalue weighted by atomic mass is 10.1. The first kappa shape index (κ1) is 20.2. The van der Waals surface area contributed by atoms with E-state index in [0.29, 0.717) is 18.3 Å². The largest absolute Gasteiger partial charge is 0.338 e. The van der Waals surface area contributed by atoms with E-state index < -0.39 is 0 Å². The molecule has 1 aliphatic heterocycles. The molecule has 0 bridgehead atoms. The molecule has 30 heavy (non-hydrogen) atoms. The lowest BCUT2D eigenvalue weighted by Crippen LogP contribution is -2.45. The zero-order valence-corrected chi connectivity index (χ0v) is 17.2. The predicted molar refractivity (Wildman–Crippen MR) is 113 cm³/mol. The summed E-state index contributed by atoms with van der Waals surface area (Å²) in [7, 11) is 0. The Hall–Kier alpha value is -3.10. The second-order valence-corrected chi connectivity index (χ2v) is 7.70. The number of nitrogens with zero attached hydrogens (tertiary/aromatic N) is 5. The van der Waals surface area contributed by atoms with E-state index in [1.807, 2.05) is 44.2 Å². The van der Waals surface area contributed by atoms with E-state index in [0.717, 1.165) is 55.0 Å². The highest BCUT2D eigenvalue weighted by Crippen LogP contribution is 2.23. The predicted octanol–water partition coefficient (Wildman–Crippen LogP) is 3.58. The minimum absolute atomic E-state index is 0.187. The second-order valence-electron chi connectivity index (χ2n) is 7.70. The third-order valence-electron chi connectivity index (χ3n) is 5.69. The van der Waals surface area contributed by atoms with Gasteiger partial charge in [0.1, 0.15) is 0 Å². The molecule has 0 unspecified atom stereocenters. The van der Waals surface area contributed by atoms with E-state index in [9.17, 15) is 10.1 Å². The molecule has 0 spiro atoms. The zero-order chi connectivity index (χ0) is 21.1. The van der Waals surface area contributed by atoms with E-state index in [2.05, 4.69) is 19.9 Å². The maximum absolute atomic E-state index is 11.2. The van der Waals surface area contributed by atoms with Gasteiger partial charge in [0.15, 0.2) is 0 Å². The van der Waals surface area contributed by atoms with Crippen LogP contribution in [0.15, 0.2) is 47.0 Å². The fourth-order valence-corrected chi connectivity index (χ4v) is 3.83. The first-order valence-electron chi connectivity index (χ1n) is 10.1. The Morgan fingerprint density at radius 2 is 1.70 bits per heavy atom. The molecule has 1 saturated heterocycles. The van der Waals surface area contributed by atoms with Crippen LogP contribution in [0, 0.1) is 24.0 Å². The van der Waals surface area contributed by atoms with Gasteiger partial charge in [-0.3, -0.25) is 19.9 Å². The number of hydrogen-bond acceptors (Lipinski definition) is 7. The number of piperazine rings is 1. The van der Waals surface area contributed by atoms with Crippen molar-refractivity contribution in [3.05, 3.63) is 75.2 Å². The van der Waals surface area contributed by atoms with Crippen molar-refractivity contribution < 1.29 is 9.45 Å². The molecule has 0 amide bonds. The van der Waals surface area contributed by atoms with Crippen molar-refractivity contribution in [1.29, 1.82) is 0 Å². The van der Waals surface area contributed by atoms with Crippen LogP contribution in [-0.2, 0) is 13.1 Å². The summed E-state index contributed by atoms with van der Waals surface area (Å²) in [6.45, 7) is 8.76. The highest BCUT2D eigenvalue weighted by atomic mass is 16.6. The van der Waals surface area contributed by atoms with Crippen LogP contribution >= 0.6 is 0 Å². The molecule has 1 aliphatic rings. The third-order valence-corrected chi connectivity index (χ3v) is 5.69. The first-order chi connectivity index (χ1) is 14.5. The van der Waals surface area contributed by atoms with Crippen LogP contribution in [0.5, 0.6) is 0 Å². The molecule has 2 aromatic carbocycles. The van der Waals surface area contributed by atoms with E-state index in [1.165, 1.54) is 0 Å². The summed E-state index contributed by atoms with van der Waals surface area (Å²) in [5, 5.41) is 15.3. The minimum Gasteiger partial charge on any atom is -0.338 e. The Labute approximate surface area is 175 Å². The molecule has 3 aromatic rings. The summed E-state index contributed by atoms with van der Waals surface area (Å²) in [5.74, 6) is 1.25. The molecule has 8 nitrogen and oxygen atoms in total. The molecule has 1 fully saturated rings. The molecular formula is C22H25N5O3. The maximum atomic E-state index is 11.2. The average Bonchev–Trinajstić information content (AvgIpc) is 3.19. The summed E-state index contributed by atoms with van der Waals surface area (Å²) >= 11 is 0. The van der Waals surface area contributed by atoms with Gasteiger partial charge in [0.2, 0.25) is 11.7 Å². The van der Waals surface area contributed by atoms with Gasteiger partial charge in [-0.25, -0.2) is 0 Å². The van der Waals surface area contributed by atoms with E-state index in [1.54, 1.807) is 12.1 Å². The lowest BCUT2D eigenvalue weighted by molar-refractivity contribution is -0.385. The Kier molecular flexibility index (Phi) is 5.87. The number of aryl methyl sites for hydroxylation is 1. The Balaban J connectivity index is 1.33. The summed E-state index contributed by atoms with van der Waals surface area (Å²) in [6.07, 6.45) is 0. The van der Waals surface area contributed by atoms with Gasteiger partial charge in [-0.15, -0.1) is 0 Å². The maximum Gasteiger partial charge on any atom is 0.272 e. The Morgan fingerprint density at radius 3 is 2.40 bits per heavy atom. The topological polar surface area (TPSA) is 88.5 Å². The van der Waals surface area contributed by atoms with Crippen LogP contribution in [0.4, 0.5) is 5.69 Å². The van der Waals surface area contributed by atoms with Crippen LogP contribution in [0.25, 0.3) is 11.4 Å². The number of nitro groups is 1. The van der Waals surface area contributed by atoms with Gasteiger partial charge in [-0.2, -0.15) is 4.98 Å². The molecule has 156 valence electrons. The fraction of sp³-hybridized carbons (Fsp3) is 0.364. The van der Waals surface area contributed by atoms with Gasteiger partial charge in [-0.1, -0.05) is 41.6 Å². The number of benzene rings is 2. The lowest BCUT2D eigenvalue weighted by Gasteiger charge is -2.34. The van der Waals surface area contributed by atoms with Crippen LogP contribution < -0.4 is 0 Å². The van der Waals surface area contributed by atoms with E-state index in [-0.39, 0.29) is 10.6 Å². The molecule has 0 N–H and O–H groups in total. The van der Waals surface area contributed by atoms with E-state index in [4.69, 9.17) is 4.52 Å². The van der Waals surface area contributed by atoms with Gasteiger partial charge >= 0.3 is 0 Å². The van der Waals surface area contributed by atoms with Crippen molar-refractivity contribution >= 4 is 5.69 Å². The Bertz CT molecular complexity index is 1040. The van der Waals surface area contributed by atoms with Gasteiger partial charge in [0, 0.05) is 49.9 Å². The van der Waals surface area contributed by atoms with E-state index >= 15 is 0 Å². The van der Waals surface area contributed by atoms with Crippen molar-refractivity contribution in [3.63, 3.8) is 0 Å². The number of aromatic nitrogens is 2. The van der Waals surface area contributed by atoms with Gasteiger partial charge < -0.3 is 4.52 Å². The molecule has 0 saturated carbocycles. The third kappa shape index (κ3) is 4.39. The molecule has 0 aliphatic carbocycles. The highest BCUT2D eigenvalue weighted by molar-refractivity contribution is 5.58. The molecule has 0 atom stereocenters. The zero-order valence-electron chi connectivity index (χ0n) is 17.2. The smallest absolute Gasteiger partial charge is 0.272 e. The second kappa shape index (κ2) is 8.73. The van der Waals surface area contributed by atoms with Crippen molar-refractivity contribution in [1.82, 2.24) is 19.9 Å². The molecular weight excluding hydrogens is 382 g/mol. The molecule has 2 heterocycles. The van der Waals surface area contributed by atoms with Gasteiger partial charge in [0.25, 0.3) is 5.69 Å². The molecule has 0 radical (unpaired) electrons. The van der Waals surface area contributed by atoms with Crippen LogP contribution in [0.3, 0.4) is 0 Å². The van der Waals surface area contributed by atoms with Crippen molar-refractivity contribution in [3.8, 4) is 11.4 Å².